The monoisotopic (exact) mass is 489 g/mol. The minimum Gasteiger partial charge on any atom is -0.483 e. The van der Waals surface area contributed by atoms with Crippen LogP contribution in [0.4, 0.5) is 5.69 Å². The minimum atomic E-state index is -0.574. The molecular formula is C24H21Cl2NO6. The number of carbonyl (C=O) groups is 3. The molecule has 0 atom stereocenters. The van der Waals surface area contributed by atoms with Crippen molar-refractivity contribution in [1.29, 1.82) is 0 Å². The van der Waals surface area contributed by atoms with E-state index in [1.54, 1.807) is 49.4 Å². The maximum absolute atomic E-state index is 12.6. The molecule has 0 aliphatic heterocycles. The molecule has 3 aromatic carbocycles. The third-order valence-corrected chi connectivity index (χ3v) is 5.16. The fraction of sp³-hybridized carbons (Fsp3) is 0.208. The number of para-hydroxylation sites is 1. The van der Waals surface area contributed by atoms with Crippen molar-refractivity contribution in [2.75, 3.05) is 25.6 Å². The van der Waals surface area contributed by atoms with E-state index in [9.17, 15) is 14.4 Å². The molecular weight excluding hydrogens is 469 g/mol. The van der Waals surface area contributed by atoms with Gasteiger partial charge in [-0.1, -0.05) is 41.4 Å². The smallest absolute Gasteiger partial charge is 0.338 e. The molecule has 0 unspecified atom stereocenters. The number of amides is 1. The van der Waals surface area contributed by atoms with Crippen molar-refractivity contribution in [2.45, 2.75) is 13.3 Å². The molecule has 9 heteroatoms. The Labute approximate surface area is 200 Å². The van der Waals surface area contributed by atoms with Gasteiger partial charge in [0.25, 0.3) is 5.91 Å². The van der Waals surface area contributed by atoms with Gasteiger partial charge in [-0.3, -0.25) is 9.59 Å². The number of benzene rings is 3. The lowest BCUT2D eigenvalue weighted by atomic mass is 10.1. The van der Waals surface area contributed by atoms with E-state index in [0.29, 0.717) is 32.1 Å². The molecule has 7 nitrogen and oxygen atoms in total. The Kier molecular flexibility index (Phi) is 8.14. The first-order chi connectivity index (χ1) is 15.8. The molecule has 0 aliphatic rings. The number of hydrogen-bond acceptors (Lipinski definition) is 6. The summed E-state index contributed by atoms with van der Waals surface area (Å²) in [6.07, 6.45) is 0.0212. The maximum atomic E-state index is 12.6. The van der Waals surface area contributed by atoms with Crippen LogP contribution in [0.2, 0.25) is 10.0 Å². The number of ether oxygens (including phenoxy) is 3. The number of halogens is 2. The normalized spacial score (nSPS) is 10.5. The number of carbonyl (C=O) groups excluding carboxylic acids is 3. The van der Waals surface area contributed by atoms with Crippen LogP contribution in [0, 0.1) is 0 Å². The topological polar surface area (TPSA) is 90.9 Å². The predicted molar refractivity (Wildman–Crippen MR) is 126 cm³/mol. The van der Waals surface area contributed by atoms with E-state index in [1.165, 1.54) is 13.2 Å². The van der Waals surface area contributed by atoms with Crippen LogP contribution in [-0.2, 0) is 25.5 Å². The average molecular weight is 490 g/mol. The Morgan fingerprint density at radius 2 is 1.79 bits per heavy atom. The van der Waals surface area contributed by atoms with Crippen LogP contribution in [0.5, 0.6) is 5.75 Å². The summed E-state index contributed by atoms with van der Waals surface area (Å²) >= 11 is 12.4. The van der Waals surface area contributed by atoms with Gasteiger partial charge >= 0.3 is 11.9 Å². The Bertz CT molecular complexity index is 1210. The molecule has 1 N–H and O–H groups in total. The summed E-state index contributed by atoms with van der Waals surface area (Å²) in [5.41, 5.74) is 1.30. The fourth-order valence-corrected chi connectivity index (χ4v) is 3.84. The van der Waals surface area contributed by atoms with Crippen molar-refractivity contribution < 1.29 is 28.6 Å². The molecule has 0 aromatic heterocycles. The zero-order valence-electron chi connectivity index (χ0n) is 17.9. The highest BCUT2D eigenvalue weighted by Gasteiger charge is 2.17. The van der Waals surface area contributed by atoms with E-state index in [-0.39, 0.29) is 30.9 Å². The maximum Gasteiger partial charge on any atom is 0.338 e. The van der Waals surface area contributed by atoms with Crippen LogP contribution in [0.3, 0.4) is 0 Å². The van der Waals surface area contributed by atoms with Crippen LogP contribution in [-0.4, -0.2) is 38.2 Å². The van der Waals surface area contributed by atoms with Gasteiger partial charge in [0.05, 0.1) is 30.7 Å². The van der Waals surface area contributed by atoms with Gasteiger partial charge in [-0.25, -0.2) is 4.79 Å². The summed E-state index contributed by atoms with van der Waals surface area (Å²) in [5.74, 6) is -1.21. The Morgan fingerprint density at radius 3 is 2.52 bits per heavy atom. The predicted octanol–water partition coefficient (Wildman–Crippen LogP) is 5.06. The fourth-order valence-electron chi connectivity index (χ4n) is 3.23. The number of nitrogens with one attached hydrogen (secondary N) is 1. The summed E-state index contributed by atoms with van der Waals surface area (Å²) in [5, 5.41) is 4.49. The van der Waals surface area contributed by atoms with E-state index in [4.69, 9.17) is 37.4 Å². The van der Waals surface area contributed by atoms with E-state index >= 15 is 0 Å². The summed E-state index contributed by atoms with van der Waals surface area (Å²) < 4.78 is 15.5. The molecule has 0 saturated heterocycles. The molecule has 1 amide bonds. The second kappa shape index (κ2) is 11.0. The molecule has 0 spiro atoms. The van der Waals surface area contributed by atoms with Crippen molar-refractivity contribution in [2.24, 2.45) is 0 Å². The molecule has 33 heavy (non-hydrogen) atoms. The number of hydrogen-bond donors (Lipinski definition) is 1. The summed E-state index contributed by atoms with van der Waals surface area (Å²) in [6, 6.07) is 13.1. The molecule has 3 aromatic rings. The lowest BCUT2D eigenvalue weighted by Gasteiger charge is -2.14. The highest BCUT2D eigenvalue weighted by atomic mass is 35.5. The number of anilines is 1. The van der Waals surface area contributed by atoms with Crippen LogP contribution < -0.4 is 10.1 Å². The van der Waals surface area contributed by atoms with Gasteiger partial charge < -0.3 is 19.5 Å². The Balaban J connectivity index is 1.81. The van der Waals surface area contributed by atoms with Gasteiger partial charge in [0, 0.05) is 16.1 Å². The zero-order chi connectivity index (χ0) is 24.0. The van der Waals surface area contributed by atoms with Crippen molar-refractivity contribution in [1.82, 2.24) is 0 Å². The van der Waals surface area contributed by atoms with Gasteiger partial charge in [-0.15, -0.1) is 0 Å². The Hall–Kier alpha value is -3.29. The second-order valence-corrected chi connectivity index (χ2v) is 7.77. The third-order valence-electron chi connectivity index (χ3n) is 4.64. The number of fused-ring (bicyclic) bond motifs is 1. The van der Waals surface area contributed by atoms with E-state index in [0.717, 1.165) is 0 Å². The number of esters is 2. The highest BCUT2D eigenvalue weighted by molar-refractivity contribution is 6.39. The SMILES string of the molecule is CCOC(=O)Cc1ccccc1NC(=O)COc1cc(C(=O)OC)cc2cc(Cl)cc(Cl)c12. The lowest BCUT2D eigenvalue weighted by molar-refractivity contribution is -0.142. The first-order valence-electron chi connectivity index (χ1n) is 9.99. The van der Waals surface area contributed by atoms with Gasteiger partial charge in [0.15, 0.2) is 6.61 Å². The van der Waals surface area contributed by atoms with Gasteiger partial charge in [-0.2, -0.15) is 0 Å². The van der Waals surface area contributed by atoms with Crippen LogP contribution in [0.15, 0.2) is 48.5 Å². The largest absolute Gasteiger partial charge is 0.483 e. The van der Waals surface area contributed by atoms with Crippen LogP contribution >= 0.6 is 23.2 Å². The lowest BCUT2D eigenvalue weighted by Crippen LogP contribution is -2.21. The van der Waals surface area contributed by atoms with Gasteiger partial charge in [0.2, 0.25) is 0 Å². The third kappa shape index (κ3) is 6.15. The molecule has 0 radical (unpaired) electrons. The van der Waals surface area contributed by atoms with E-state index in [1.807, 2.05) is 0 Å². The standard InChI is InChI=1S/C24H21Cl2NO6/c1-3-32-22(29)11-14-6-4-5-7-19(14)27-21(28)13-33-20-10-16(24(30)31-2)8-15-9-17(25)12-18(26)23(15)20/h4-10,12H,3,11,13H2,1-2H3,(H,27,28). The van der Waals surface area contributed by atoms with Gasteiger partial charge in [-0.05, 0) is 48.2 Å². The highest BCUT2D eigenvalue weighted by Crippen LogP contribution is 2.36. The van der Waals surface area contributed by atoms with E-state index in [2.05, 4.69) is 5.32 Å². The van der Waals surface area contributed by atoms with Crippen molar-refractivity contribution in [3.05, 3.63) is 69.7 Å². The molecule has 0 aliphatic carbocycles. The summed E-state index contributed by atoms with van der Waals surface area (Å²) in [6.45, 7) is 1.63. The first kappa shape index (κ1) is 24.4. The number of rotatable bonds is 8. The summed E-state index contributed by atoms with van der Waals surface area (Å²) in [4.78, 5) is 36.5. The molecule has 0 heterocycles. The molecule has 0 saturated carbocycles. The summed E-state index contributed by atoms with van der Waals surface area (Å²) in [7, 11) is 1.26. The second-order valence-electron chi connectivity index (χ2n) is 6.93. The minimum absolute atomic E-state index is 0.0212. The van der Waals surface area contributed by atoms with Crippen LogP contribution in [0.25, 0.3) is 10.8 Å². The quantitative estimate of drug-likeness (QED) is 0.444. The molecule has 172 valence electrons. The molecule has 0 fully saturated rings. The molecule has 3 rings (SSSR count). The number of methoxy groups -OCH3 is 1. The van der Waals surface area contributed by atoms with Crippen LogP contribution in [0.1, 0.15) is 22.8 Å². The van der Waals surface area contributed by atoms with Crippen molar-refractivity contribution in [3.63, 3.8) is 0 Å². The first-order valence-corrected chi connectivity index (χ1v) is 10.7. The molecule has 0 bridgehead atoms. The Morgan fingerprint density at radius 1 is 1.03 bits per heavy atom. The van der Waals surface area contributed by atoms with Gasteiger partial charge in [0.1, 0.15) is 5.75 Å². The zero-order valence-corrected chi connectivity index (χ0v) is 19.5. The van der Waals surface area contributed by atoms with E-state index < -0.39 is 17.8 Å². The van der Waals surface area contributed by atoms with Crippen molar-refractivity contribution in [3.8, 4) is 5.75 Å². The average Bonchev–Trinajstić information content (AvgIpc) is 2.77. The van der Waals surface area contributed by atoms with Crippen molar-refractivity contribution >= 4 is 57.5 Å².